The van der Waals surface area contributed by atoms with Crippen molar-refractivity contribution in [2.24, 2.45) is 0 Å². The highest BCUT2D eigenvalue weighted by atomic mass is 16.5. The minimum atomic E-state index is -0.295. The summed E-state index contributed by atoms with van der Waals surface area (Å²) in [5, 5.41) is 3.80. The summed E-state index contributed by atoms with van der Waals surface area (Å²) in [6, 6.07) is 1.77. The van der Waals surface area contributed by atoms with E-state index in [1.807, 2.05) is 4.90 Å². The van der Waals surface area contributed by atoms with Gasteiger partial charge in [0.15, 0.2) is 0 Å². The van der Waals surface area contributed by atoms with Crippen LogP contribution in [0, 0.1) is 0 Å². The molecule has 1 aliphatic heterocycles. The van der Waals surface area contributed by atoms with Gasteiger partial charge in [-0.3, -0.25) is 9.78 Å². The quantitative estimate of drug-likeness (QED) is 0.664. The molecule has 0 atom stereocenters. The zero-order chi connectivity index (χ0) is 17.1. The normalized spacial score (nSPS) is 14.6. The fourth-order valence-corrected chi connectivity index (χ4v) is 2.53. The first kappa shape index (κ1) is 15.1. The summed E-state index contributed by atoms with van der Waals surface area (Å²) < 4.78 is 5.09. The van der Waals surface area contributed by atoms with E-state index < -0.39 is 0 Å². The Morgan fingerprint density at radius 2 is 1.80 bits per heavy atom. The Bertz CT molecular complexity index is 846. The van der Waals surface area contributed by atoms with Gasteiger partial charge < -0.3 is 14.3 Å². The molecule has 0 spiro atoms. The maximum Gasteiger partial charge on any atom is 0.316 e. The molecule has 0 unspecified atom stereocenters. The number of hydrogen-bond acceptors (Lipinski definition) is 9. The van der Waals surface area contributed by atoms with Gasteiger partial charge in [0.2, 0.25) is 11.8 Å². The molecule has 3 aromatic heterocycles. The van der Waals surface area contributed by atoms with E-state index in [1.54, 1.807) is 29.6 Å². The summed E-state index contributed by atoms with van der Waals surface area (Å²) in [6.07, 6.45) is 7.99. The number of carbonyl (C=O) groups is 1. The van der Waals surface area contributed by atoms with Gasteiger partial charge in [-0.1, -0.05) is 5.16 Å². The third-order valence-corrected chi connectivity index (χ3v) is 3.80. The molecule has 1 fully saturated rings. The standard InChI is InChI=1S/C15H14N8O2/c24-14(13-20-12(21-25-13)11-10-16-4-5-17-11)22-6-8-23(9-7-22)15-18-2-1-3-19-15/h1-5,10H,6-9H2. The molecule has 0 bridgehead atoms. The molecular weight excluding hydrogens is 324 g/mol. The highest BCUT2D eigenvalue weighted by Gasteiger charge is 2.27. The van der Waals surface area contributed by atoms with Crippen LogP contribution in [-0.2, 0) is 0 Å². The lowest BCUT2D eigenvalue weighted by Crippen LogP contribution is -2.49. The fourth-order valence-electron chi connectivity index (χ4n) is 2.53. The van der Waals surface area contributed by atoms with Crippen molar-refractivity contribution in [3.8, 4) is 11.5 Å². The molecule has 10 heteroatoms. The van der Waals surface area contributed by atoms with Crippen LogP contribution in [0.2, 0.25) is 0 Å². The zero-order valence-corrected chi connectivity index (χ0v) is 13.2. The Balaban J connectivity index is 1.42. The van der Waals surface area contributed by atoms with Crippen LogP contribution in [0.3, 0.4) is 0 Å². The minimum absolute atomic E-state index is 0.0509. The van der Waals surface area contributed by atoms with Crippen LogP contribution in [0.5, 0.6) is 0 Å². The Labute approximate surface area is 142 Å². The maximum atomic E-state index is 12.5. The van der Waals surface area contributed by atoms with Gasteiger partial charge in [0.05, 0.1) is 6.20 Å². The van der Waals surface area contributed by atoms with Crippen LogP contribution in [0.1, 0.15) is 10.7 Å². The van der Waals surface area contributed by atoms with Crippen molar-refractivity contribution in [3.05, 3.63) is 42.9 Å². The van der Waals surface area contributed by atoms with Crippen molar-refractivity contribution in [2.75, 3.05) is 31.1 Å². The molecule has 4 rings (SSSR count). The maximum absolute atomic E-state index is 12.5. The van der Waals surface area contributed by atoms with E-state index in [1.165, 1.54) is 12.4 Å². The number of piperazine rings is 1. The molecule has 0 saturated carbocycles. The first-order chi connectivity index (χ1) is 12.3. The Hall–Kier alpha value is -3.43. The predicted octanol–water partition coefficient (Wildman–Crippen LogP) is 0.279. The van der Waals surface area contributed by atoms with E-state index in [2.05, 4.69) is 30.1 Å². The van der Waals surface area contributed by atoms with Crippen molar-refractivity contribution >= 4 is 11.9 Å². The van der Waals surface area contributed by atoms with Gasteiger partial charge in [-0.15, -0.1) is 0 Å². The summed E-state index contributed by atoms with van der Waals surface area (Å²) >= 11 is 0. The lowest BCUT2D eigenvalue weighted by atomic mass is 10.3. The van der Waals surface area contributed by atoms with Gasteiger partial charge in [0, 0.05) is 51.0 Å². The van der Waals surface area contributed by atoms with Crippen molar-refractivity contribution in [3.63, 3.8) is 0 Å². The van der Waals surface area contributed by atoms with Crippen molar-refractivity contribution in [1.82, 2.24) is 35.0 Å². The van der Waals surface area contributed by atoms with Crippen LogP contribution < -0.4 is 4.90 Å². The molecule has 1 saturated heterocycles. The average Bonchev–Trinajstić information content (AvgIpc) is 3.19. The second-order valence-electron chi connectivity index (χ2n) is 5.34. The molecule has 0 radical (unpaired) electrons. The lowest BCUT2D eigenvalue weighted by molar-refractivity contribution is 0.0696. The molecular formula is C15H14N8O2. The number of aromatic nitrogens is 6. The summed E-state index contributed by atoms with van der Waals surface area (Å²) in [5.41, 5.74) is 0.455. The van der Waals surface area contributed by atoms with E-state index in [-0.39, 0.29) is 17.6 Å². The van der Waals surface area contributed by atoms with Gasteiger partial charge in [-0.2, -0.15) is 4.98 Å². The summed E-state index contributed by atoms with van der Waals surface area (Å²) in [6.45, 7) is 2.34. The van der Waals surface area contributed by atoms with Crippen molar-refractivity contribution < 1.29 is 9.32 Å². The molecule has 126 valence electrons. The number of nitrogens with zero attached hydrogens (tertiary/aromatic N) is 8. The van der Waals surface area contributed by atoms with Gasteiger partial charge in [-0.25, -0.2) is 15.0 Å². The first-order valence-electron chi connectivity index (χ1n) is 7.72. The Kier molecular flexibility index (Phi) is 3.99. The van der Waals surface area contributed by atoms with Crippen LogP contribution in [0.4, 0.5) is 5.95 Å². The Morgan fingerprint density at radius 1 is 1.00 bits per heavy atom. The molecule has 0 aliphatic carbocycles. The van der Waals surface area contributed by atoms with Gasteiger partial charge in [0.25, 0.3) is 0 Å². The number of rotatable bonds is 3. The SMILES string of the molecule is O=C(c1nc(-c2cnccn2)no1)N1CCN(c2ncccn2)CC1. The van der Waals surface area contributed by atoms with E-state index in [9.17, 15) is 4.79 Å². The van der Waals surface area contributed by atoms with Crippen LogP contribution in [-0.4, -0.2) is 67.1 Å². The first-order valence-corrected chi connectivity index (χ1v) is 7.72. The molecule has 1 aliphatic rings. The van der Waals surface area contributed by atoms with Gasteiger partial charge in [0.1, 0.15) is 5.69 Å². The topological polar surface area (TPSA) is 114 Å². The van der Waals surface area contributed by atoms with E-state index >= 15 is 0 Å². The lowest BCUT2D eigenvalue weighted by Gasteiger charge is -2.33. The summed E-state index contributed by atoms with van der Waals surface area (Å²) in [7, 11) is 0. The Morgan fingerprint density at radius 3 is 2.52 bits per heavy atom. The number of amides is 1. The summed E-state index contributed by atoms with van der Waals surface area (Å²) in [5.74, 6) is 0.562. The monoisotopic (exact) mass is 338 g/mol. The average molecular weight is 338 g/mol. The van der Waals surface area contributed by atoms with Crippen molar-refractivity contribution in [2.45, 2.75) is 0 Å². The molecule has 4 heterocycles. The fraction of sp³-hybridized carbons (Fsp3) is 0.267. The summed E-state index contributed by atoms with van der Waals surface area (Å²) in [4.78, 5) is 36.8. The molecule has 0 aromatic carbocycles. The molecule has 3 aromatic rings. The van der Waals surface area contributed by atoms with E-state index in [0.29, 0.717) is 37.8 Å². The number of hydrogen-bond donors (Lipinski definition) is 0. The van der Waals surface area contributed by atoms with Crippen LogP contribution in [0.25, 0.3) is 11.5 Å². The second-order valence-corrected chi connectivity index (χ2v) is 5.34. The smallest absolute Gasteiger partial charge is 0.316 e. The number of anilines is 1. The number of carbonyl (C=O) groups excluding carboxylic acids is 1. The highest BCUT2D eigenvalue weighted by Crippen LogP contribution is 2.14. The van der Waals surface area contributed by atoms with Crippen molar-refractivity contribution in [1.29, 1.82) is 0 Å². The molecule has 25 heavy (non-hydrogen) atoms. The van der Waals surface area contributed by atoms with E-state index in [4.69, 9.17) is 4.52 Å². The highest BCUT2D eigenvalue weighted by molar-refractivity contribution is 5.90. The third kappa shape index (κ3) is 3.13. The molecule has 10 nitrogen and oxygen atoms in total. The zero-order valence-electron chi connectivity index (χ0n) is 13.2. The van der Waals surface area contributed by atoms with E-state index in [0.717, 1.165) is 0 Å². The minimum Gasteiger partial charge on any atom is -0.337 e. The third-order valence-electron chi connectivity index (χ3n) is 3.80. The van der Waals surface area contributed by atoms with Crippen LogP contribution >= 0.6 is 0 Å². The van der Waals surface area contributed by atoms with Gasteiger partial charge in [-0.05, 0) is 6.07 Å². The molecule has 1 amide bonds. The molecule has 0 N–H and O–H groups in total. The van der Waals surface area contributed by atoms with Gasteiger partial charge >= 0.3 is 11.8 Å². The second kappa shape index (κ2) is 6.59. The largest absolute Gasteiger partial charge is 0.337 e. The predicted molar refractivity (Wildman–Crippen MR) is 85.5 cm³/mol. The van der Waals surface area contributed by atoms with Crippen LogP contribution in [0.15, 0.2) is 41.6 Å².